The van der Waals surface area contributed by atoms with E-state index in [4.69, 9.17) is 13.8 Å². The Balaban J connectivity index is 3.17. The highest BCUT2D eigenvalue weighted by atomic mass is 31.2. The van der Waals surface area contributed by atoms with Gasteiger partial charge in [-0.15, -0.1) is 0 Å². The molecule has 0 fully saturated rings. The van der Waals surface area contributed by atoms with Crippen LogP contribution in [-0.2, 0) is 18.3 Å². The van der Waals surface area contributed by atoms with E-state index in [0.29, 0.717) is 11.7 Å². The molecular weight excluding hydrogens is 411 g/mol. The summed E-state index contributed by atoms with van der Waals surface area (Å²) in [6.07, 6.45) is 1.93. The van der Waals surface area contributed by atoms with E-state index in [2.05, 4.69) is 5.32 Å². The Bertz CT molecular complexity index is 663. The number of hydrogen-bond donors (Lipinski definition) is 1. The van der Waals surface area contributed by atoms with Gasteiger partial charge in [-0.1, -0.05) is 19.9 Å². The van der Waals surface area contributed by atoms with Crippen LogP contribution in [0, 0.1) is 22.0 Å². The number of allylic oxidation sites excluding steroid dienone is 1. The van der Waals surface area contributed by atoms with Crippen molar-refractivity contribution >= 4 is 13.7 Å². The second-order valence-electron chi connectivity index (χ2n) is 8.87. The number of amides is 1. The first-order valence-corrected chi connectivity index (χ1v) is 12.1. The first kappa shape index (κ1) is 26.6. The molecule has 1 N–H and O–H groups in total. The van der Waals surface area contributed by atoms with Crippen molar-refractivity contribution in [1.82, 2.24) is 5.32 Å². The summed E-state index contributed by atoms with van der Waals surface area (Å²) in [5, 5.41) is 15.1. The maximum absolute atomic E-state index is 13.1. The van der Waals surface area contributed by atoms with Crippen molar-refractivity contribution < 1.29 is 28.1 Å². The molecule has 174 valence electrons. The highest BCUT2D eigenvalue weighted by molar-refractivity contribution is 7.58. The van der Waals surface area contributed by atoms with Gasteiger partial charge in [0.2, 0.25) is 6.04 Å². The molecule has 1 aliphatic carbocycles. The van der Waals surface area contributed by atoms with E-state index in [-0.39, 0.29) is 36.9 Å². The van der Waals surface area contributed by atoms with E-state index in [1.54, 1.807) is 40.7 Å². The number of carbonyl (C=O) groups is 1. The molecule has 0 heterocycles. The van der Waals surface area contributed by atoms with Crippen LogP contribution in [0.5, 0.6) is 0 Å². The zero-order chi connectivity index (χ0) is 23.1. The summed E-state index contributed by atoms with van der Waals surface area (Å²) in [7, 11) is -3.57. The number of rotatable bonds is 10. The van der Waals surface area contributed by atoms with Crippen molar-refractivity contribution in [2.75, 3.05) is 13.2 Å². The van der Waals surface area contributed by atoms with Gasteiger partial charge in [0.05, 0.1) is 19.1 Å². The van der Waals surface area contributed by atoms with E-state index in [9.17, 15) is 19.5 Å². The zero-order valence-electron chi connectivity index (χ0n) is 19.2. The summed E-state index contributed by atoms with van der Waals surface area (Å²) >= 11 is 0. The average molecular weight is 448 g/mol. The Hall–Kier alpha value is -1.44. The fraction of sp³-hybridized carbons (Fsp3) is 0.850. The molecule has 0 aromatic heterocycles. The lowest BCUT2D eigenvalue weighted by Gasteiger charge is -2.34. The van der Waals surface area contributed by atoms with Gasteiger partial charge in [-0.25, -0.2) is 4.79 Å². The van der Waals surface area contributed by atoms with Gasteiger partial charge >= 0.3 is 13.7 Å². The Labute approximate surface area is 179 Å². The van der Waals surface area contributed by atoms with Gasteiger partial charge in [0.25, 0.3) is 0 Å². The molecule has 0 aromatic rings. The molecule has 1 aliphatic rings. The van der Waals surface area contributed by atoms with Crippen LogP contribution in [0.4, 0.5) is 4.79 Å². The number of hydrogen-bond acceptors (Lipinski definition) is 7. The van der Waals surface area contributed by atoms with Crippen molar-refractivity contribution in [2.24, 2.45) is 11.8 Å². The van der Waals surface area contributed by atoms with Gasteiger partial charge in [-0.2, -0.15) is 0 Å². The third kappa shape index (κ3) is 8.00. The van der Waals surface area contributed by atoms with Gasteiger partial charge in [0.1, 0.15) is 5.60 Å². The summed E-state index contributed by atoms with van der Waals surface area (Å²) < 4.78 is 29.2. The van der Waals surface area contributed by atoms with Crippen LogP contribution in [0.15, 0.2) is 11.4 Å². The standard InChI is InChI=1S/C20H37N2O7P/c1-8-27-30(26,28-9-2)15-10-11-16(18(13-15)22(24)25)17(12-14(3)4)21-19(23)29-20(5,6)7/h10,14,16-18H,8-9,11-13H2,1-7H3,(H,21,23). The van der Waals surface area contributed by atoms with Crippen molar-refractivity contribution in [3.63, 3.8) is 0 Å². The zero-order valence-corrected chi connectivity index (χ0v) is 20.1. The van der Waals surface area contributed by atoms with Crippen LogP contribution in [0.2, 0.25) is 0 Å². The molecule has 9 nitrogen and oxygen atoms in total. The van der Waals surface area contributed by atoms with Crippen LogP contribution in [-0.4, -0.2) is 41.9 Å². The topological polar surface area (TPSA) is 117 Å². The van der Waals surface area contributed by atoms with Crippen molar-refractivity contribution in [1.29, 1.82) is 0 Å². The molecule has 1 rings (SSSR count). The minimum absolute atomic E-state index is 0.0421. The molecule has 3 unspecified atom stereocenters. The minimum Gasteiger partial charge on any atom is -0.444 e. The van der Waals surface area contributed by atoms with Crippen molar-refractivity contribution in [2.45, 2.75) is 85.4 Å². The van der Waals surface area contributed by atoms with Gasteiger partial charge < -0.3 is 19.1 Å². The second kappa shape index (κ2) is 11.3. The van der Waals surface area contributed by atoms with Crippen LogP contribution < -0.4 is 5.32 Å². The molecule has 30 heavy (non-hydrogen) atoms. The lowest BCUT2D eigenvalue weighted by Crippen LogP contribution is -2.49. The Morgan fingerprint density at radius 3 is 2.30 bits per heavy atom. The van der Waals surface area contributed by atoms with Crippen LogP contribution in [0.25, 0.3) is 0 Å². The molecule has 0 saturated heterocycles. The first-order valence-electron chi connectivity index (χ1n) is 10.5. The minimum atomic E-state index is -3.57. The molecule has 0 spiro atoms. The lowest BCUT2D eigenvalue weighted by molar-refractivity contribution is -0.533. The molecular formula is C20H37N2O7P. The second-order valence-corrected chi connectivity index (χ2v) is 11.0. The predicted octanol–water partition coefficient (Wildman–Crippen LogP) is 5.13. The number of nitrogens with one attached hydrogen (secondary N) is 1. The number of carbonyl (C=O) groups excluding carboxylic acids is 1. The SMILES string of the molecule is CCOP(=O)(OCC)C1=CCC(C(CC(C)C)NC(=O)OC(C)(C)C)C([N+](=O)[O-])C1. The van der Waals surface area contributed by atoms with Gasteiger partial charge in [0.15, 0.2) is 0 Å². The molecule has 0 radical (unpaired) electrons. The fourth-order valence-corrected chi connectivity index (χ4v) is 5.44. The summed E-state index contributed by atoms with van der Waals surface area (Å²) in [5.74, 6) is -0.254. The Morgan fingerprint density at radius 2 is 1.87 bits per heavy atom. The van der Waals surface area contributed by atoms with Crippen molar-refractivity contribution in [3.8, 4) is 0 Å². The third-order valence-corrected chi connectivity index (χ3v) is 6.97. The average Bonchev–Trinajstić information content (AvgIpc) is 2.59. The van der Waals surface area contributed by atoms with Crippen LogP contribution in [0.3, 0.4) is 0 Å². The highest BCUT2D eigenvalue weighted by Crippen LogP contribution is 2.59. The lowest BCUT2D eigenvalue weighted by atomic mass is 9.80. The molecule has 0 aliphatic heterocycles. The number of ether oxygens (including phenoxy) is 1. The molecule has 0 bridgehead atoms. The number of nitrogens with zero attached hydrogens (tertiary/aromatic N) is 1. The maximum atomic E-state index is 13.1. The largest absolute Gasteiger partial charge is 0.444 e. The van der Waals surface area contributed by atoms with E-state index in [1.165, 1.54) is 0 Å². The third-order valence-electron chi connectivity index (χ3n) is 4.70. The smallest absolute Gasteiger partial charge is 0.407 e. The molecule has 10 heteroatoms. The summed E-state index contributed by atoms with van der Waals surface area (Å²) in [6, 6.07) is -1.47. The predicted molar refractivity (Wildman–Crippen MR) is 115 cm³/mol. The molecule has 0 saturated carbocycles. The van der Waals surface area contributed by atoms with Crippen molar-refractivity contribution in [3.05, 3.63) is 21.5 Å². The summed E-state index contributed by atoms with van der Waals surface area (Å²) in [6.45, 7) is 13.0. The fourth-order valence-electron chi connectivity index (χ4n) is 3.62. The van der Waals surface area contributed by atoms with Crippen LogP contribution in [0.1, 0.15) is 67.7 Å². The molecule has 0 aromatic carbocycles. The van der Waals surface area contributed by atoms with E-state index >= 15 is 0 Å². The van der Waals surface area contributed by atoms with Gasteiger partial charge in [0, 0.05) is 22.7 Å². The molecule has 1 amide bonds. The monoisotopic (exact) mass is 448 g/mol. The normalized spacial score (nSPS) is 21.1. The molecule has 3 atom stereocenters. The van der Waals surface area contributed by atoms with Gasteiger partial charge in [-0.3, -0.25) is 14.7 Å². The van der Waals surface area contributed by atoms with E-state index in [0.717, 1.165) is 0 Å². The number of nitro groups is 1. The number of alkyl carbamates (subject to hydrolysis) is 1. The maximum Gasteiger partial charge on any atom is 0.407 e. The Morgan fingerprint density at radius 1 is 1.30 bits per heavy atom. The van der Waals surface area contributed by atoms with E-state index < -0.39 is 37.3 Å². The van der Waals surface area contributed by atoms with Gasteiger partial charge in [-0.05, 0) is 53.4 Å². The van der Waals surface area contributed by atoms with E-state index in [1.807, 2.05) is 13.8 Å². The summed E-state index contributed by atoms with van der Waals surface area (Å²) in [5.41, 5.74) is -0.670. The quantitative estimate of drug-likeness (QED) is 0.280. The highest BCUT2D eigenvalue weighted by Gasteiger charge is 2.45. The summed E-state index contributed by atoms with van der Waals surface area (Å²) in [4.78, 5) is 23.9. The van der Waals surface area contributed by atoms with Crippen LogP contribution >= 0.6 is 7.60 Å². The first-order chi connectivity index (χ1) is 13.8. The Kier molecular flexibility index (Phi) is 9.98.